The molecule has 20 heavy (non-hydrogen) atoms. The number of hydrogen-bond donors (Lipinski definition) is 1. The van der Waals surface area contributed by atoms with E-state index in [1.54, 1.807) is 12.1 Å². The number of aromatic nitrogens is 2. The van der Waals surface area contributed by atoms with Crippen molar-refractivity contribution in [1.82, 2.24) is 9.97 Å². The number of rotatable bonds is 2. The van der Waals surface area contributed by atoms with Crippen LogP contribution in [0.25, 0.3) is 11.4 Å². The molecule has 1 heterocycles. The topological polar surface area (TPSA) is 37.8 Å². The number of hydrogen-bond acceptors (Lipinski definition) is 3. The maximum absolute atomic E-state index is 6.24. The second kappa shape index (κ2) is 5.58. The van der Waals surface area contributed by atoms with Crippen molar-refractivity contribution in [3.05, 3.63) is 40.0 Å². The maximum Gasteiger partial charge on any atom is 0.163 e. The van der Waals surface area contributed by atoms with Gasteiger partial charge in [0.05, 0.1) is 10.7 Å². The Balaban J connectivity index is 2.61. The second-order valence-corrected chi connectivity index (χ2v) is 6.43. The van der Waals surface area contributed by atoms with Crippen LogP contribution in [0, 0.1) is 0 Å². The molecule has 1 N–H and O–H groups in total. The first-order valence-corrected chi connectivity index (χ1v) is 7.09. The molecule has 0 aliphatic rings. The summed E-state index contributed by atoms with van der Waals surface area (Å²) in [5.41, 5.74) is 1.67. The molecule has 2 rings (SSSR count). The highest BCUT2D eigenvalue weighted by Crippen LogP contribution is 2.31. The first kappa shape index (κ1) is 15.1. The molecule has 0 unspecified atom stereocenters. The van der Waals surface area contributed by atoms with Crippen molar-refractivity contribution < 1.29 is 0 Å². The van der Waals surface area contributed by atoms with Gasteiger partial charge in [-0.1, -0.05) is 44.0 Å². The smallest absolute Gasteiger partial charge is 0.163 e. The SMILES string of the molecule is CNc1cc(C(C)(C)C)nc(-c2ccc(Cl)cc2Cl)n1. The van der Waals surface area contributed by atoms with Crippen LogP contribution in [0.15, 0.2) is 24.3 Å². The van der Waals surface area contributed by atoms with Crippen LogP contribution >= 0.6 is 23.2 Å². The minimum absolute atomic E-state index is 0.0673. The van der Waals surface area contributed by atoms with Gasteiger partial charge in [-0.2, -0.15) is 0 Å². The summed E-state index contributed by atoms with van der Waals surface area (Å²) in [6, 6.07) is 7.28. The Morgan fingerprint density at radius 3 is 2.30 bits per heavy atom. The summed E-state index contributed by atoms with van der Waals surface area (Å²) in [5.74, 6) is 1.37. The van der Waals surface area contributed by atoms with E-state index < -0.39 is 0 Å². The normalized spacial score (nSPS) is 11.5. The van der Waals surface area contributed by atoms with Crippen molar-refractivity contribution in [2.45, 2.75) is 26.2 Å². The van der Waals surface area contributed by atoms with Gasteiger partial charge in [0.1, 0.15) is 5.82 Å². The van der Waals surface area contributed by atoms with E-state index in [2.05, 4.69) is 36.1 Å². The van der Waals surface area contributed by atoms with Gasteiger partial charge in [0.2, 0.25) is 0 Å². The second-order valence-electron chi connectivity index (χ2n) is 5.59. The molecule has 0 spiro atoms. The maximum atomic E-state index is 6.24. The summed E-state index contributed by atoms with van der Waals surface area (Å²) in [5, 5.41) is 4.20. The van der Waals surface area contributed by atoms with Crippen LogP contribution in [-0.4, -0.2) is 17.0 Å². The third kappa shape index (κ3) is 3.22. The Morgan fingerprint density at radius 1 is 1.05 bits per heavy atom. The highest BCUT2D eigenvalue weighted by molar-refractivity contribution is 6.36. The summed E-state index contributed by atoms with van der Waals surface area (Å²) >= 11 is 12.2. The van der Waals surface area contributed by atoms with E-state index in [4.69, 9.17) is 23.2 Å². The molecule has 0 atom stereocenters. The molecule has 1 aromatic carbocycles. The monoisotopic (exact) mass is 309 g/mol. The Labute approximate surface area is 129 Å². The molecule has 106 valence electrons. The molecule has 0 amide bonds. The lowest BCUT2D eigenvalue weighted by molar-refractivity contribution is 0.568. The van der Waals surface area contributed by atoms with Gasteiger partial charge in [-0.25, -0.2) is 9.97 Å². The lowest BCUT2D eigenvalue weighted by Crippen LogP contribution is -2.15. The molecule has 0 fully saturated rings. The molecule has 0 bridgehead atoms. The van der Waals surface area contributed by atoms with Crippen molar-refractivity contribution in [1.29, 1.82) is 0 Å². The van der Waals surface area contributed by atoms with E-state index in [1.165, 1.54) is 0 Å². The number of anilines is 1. The summed E-state index contributed by atoms with van der Waals surface area (Å²) < 4.78 is 0. The van der Waals surface area contributed by atoms with Gasteiger partial charge in [-0.15, -0.1) is 0 Å². The molecule has 1 aromatic heterocycles. The van der Waals surface area contributed by atoms with Crippen LogP contribution in [0.4, 0.5) is 5.82 Å². The Hall–Kier alpha value is -1.32. The zero-order valence-corrected chi connectivity index (χ0v) is 13.5. The van der Waals surface area contributed by atoms with Crippen molar-refractivity contribution in [3.63, 3.8) is 0 Å². The number of nitrogens with one attached hydrogen (secondary N) is 1. The predicted octanol–water partition coefficient (Wildman–Crippen LogP) is 4.79. The minimum atomic E-state index is -0.0673. The van der Waals surface area contributed by atoms with Gasteiger partial charge in [0, 0.05) is 29.1 Å². The van der Waals surface area contributed by atoms with Crippen molar-refractivity contribution in [2.75, 3.05) is 12.4 Å². The van der Waals surface area contributed by atoms with Crippen molar-refractivity contribution >= 4 is 29.0 Å². The van der Waals surface area contributed by atoms with Crippen molar-refractivity contribution in [2.24, 2.45) is 0 Å². The highest BCUT2D eigenvalue weighted by atomic mass is 35.5. The standard InChI is InChI=1S/C15H17Cl2N3/c1-15(2,3)12-8-13(18-4)20-14(19-12)10-6-5-9(16)7-11(10)17/h5-8H,1-4H3,(H,18,19,20). The lowest BCUT2D eigenvalue weighted by atomic mass is 9.92. The molecule has 0 radical (unpaired) electrons. The van der Waals surface area contributed by atoms with Crippen LogP contribution in [-0.2, 0) is 5.41 Å². The van der Waals surface area contributed by atoms with E-state index in [9.17, 15) is 0 Å². The predicted molar refractivity (Wildman–Crippen MR) is 85.7 cm³/mol. The average Bonchev–Trinajstić information content (AvgIpc) is 2.37. The molecule has 3 nitrogen and oxygen atoms in total. The summed E-state index contributed by atoms with van der Waals surface area (Å²) in [6.07, 6.45) is 0. The third-order valence-corrected chi connectivity index (χ3v) is 3.47. The van der Waals surface area contributed by atoms with Gasteiger partial charge in [0.25, 0.3) is 0 Å². The van der Waals surface area contributed by atoms with Crippen molar-refractivity contribution in [3.8, 4) is 11.4 Å². The molecule has 0 saturated carbocycles. The summed E-state index contributed by atoms with van der Waals surface area (Å²) in [4.78, 5) is 9.11. The van der Waals surface area contributed by atoms with Gasteiger partial charge >= 0.3 is 0 Å². The minimum Gasteiger partial charge on any atom is -0.373 e. The zero-order chi connectivity index (χ0) is 14.9. The molecule has 0 aliphatic carbocycles. The third-order valence-electron chi connectivity index (χ3n) is 2.92. The first-order chi connectivity index (χ1) is 9.31. The van der Waals surface area contributed by atoms with Gasteiger partial charge in [-0.3, -0.25) is 0 Å². The Kier molecular flexibility index (Phi) is 4.21. The molecule has 2 aromatic rings. The van der Waals surface area contributed by atoms with Crippen LogP contribution in [0.3, 0.4) is 0 Å². The fraction of sp³-hybridized carbons (Fsp3) is 0.333. The fourth-order valence-electron chi connectivity index (χ4n) is 1.75. The number of halogens is 2. The Morgan fingerprint density at radius 2 is 1.75 bits per heavy atom. The molecule has 0 aliphatic heterocycles. The van der Waals surface area contributed by atoms with Crippen LogP contribution in [0.2, 0.25) is 10.0 Å². The van der Waals surface area contributed by atoms with Crippen LogP contribution < -0.4 is 5.32 Å². The lowest BCUT2D eigenvalue weighted by Gasteiger charge is -2.19. The van der Waals surface area contributed by atoms with E-state index >= 15 is 0 Å². The molecular weight excluding hydrogens is 293 g/mol. The van der Waals surface area contributed by atoms with E-state index in [1.807, 2.05) is 19.2 Å². The molecular formula is C15H17Cl2N3. The number of benzene rings is 1. The average molecular weight is 310 g/mol. The summed E-state index contributed by atoms with van der Waals surface area (Å²) in [6.45, 7) is 6.34. The van der Waals surface area contributed by atoms with Gasteiger partial charge < -0.3 is 5.32 Å². The molecule has 0 saturated heterocycles. The zero-order valence-electron chi connectivity index (χ0n) is 12.0. The highest BCUT2D eigenvalue weighted by Gasteiger charge is 2.19. The van der Waals surface area contributed by atoms with E-state index in [-0.39, 0.29) is 5.41 Å². The van der Waals surface area contributed by atoms with Crippen LogP contribution in [0.5, 0.6) is 0 Å². The fourth-order valence-corrected chi connectivity index (χ4v) is 2.24. The van der Waals surface area contributed by atoms with Crippen LogP contribution in [0.1, 0.15) is 26.5 Å². The van der Waals surface area contributed by atoms with E-state index in [0.717, 1.165) is 17.1 Å². The van der Waals surface area contributed by atoms with Gasteiger partial charge in [0.15, 0.2) is 5.82 Å². The molecule has 5 heteroatoms. The van der Waals surface area contributed by atoms with Gasteiger partial charge in [-0.05, 0) is 18.2 Å². The largest absolute Gasteiger partial charge is 0.373 e. The quantitative estimate of drug-likeness (QED) is 0.866. The summed E-state index contributed by atoms with van der Waals surface area (Å²) in [7, 11) is 1.84. The Bertz CT molecular complexity index is 634. The first-order valence-electron chi connectivity index (χ1n) is 6.34. The van der Waals surface area contributed by atoms with E-state index in [0.29, 0.717) is 15.9 Å². The number of nitrogens with zero attached hydrogens (tertiary/aromatic N) is 2.